The fourth-order valence-corrected chi connectivity index (χ4v) is 13.4. The zero-order valence-electron chi connectivity index (χ0n) is 61.4. The predicted octanol–water partition coefficient (Wildman–Crippen LogP) is 27.6. The smallest absolute Gasteiger partial charge is 0.305 e. The number of hydrogen-bond acceptors (Lipinski definition) is 5. The normalized spacial score (nSPS) is 12.5. The number of ether oxygens (including phenoxy) is 1. The van der Waals surface area contributed by atoms with Crippen molar-refractivity contribution in [3.8, 4) is 0 Å². The van der Waals surface area contributed by atoms with E-state index in [9.17, 15) is 19.8 Å². The van der Waals surface area contributed by atoms with Crippen LogP contribution < -0.4 is 5.32 Å². The number of unbranched alkanes of at least 4 members (excludes halogenated alkanes) is 64. The van der Waals surface area contributed by atoms with E-state index in [1.807, 2.05) is 0 Å². The van der Waals surface area contributed by atoms with Gasteiger partial charge in [-0.3, -0.25) is 9.59 Å². The molecule has 0 spiro atoms. The standard InChI is InChI=1S/C84H163NO5/c1-3-5-7-9-11-13-15-17-19-20-21-22-40-43-46-49-52-56-60-64-68-72-76-82(87)81(80-86)85-83(88)77-73-69-65-61-57-53-50-47-44-41-38-36-34-32-30-28-26-24-23-25-27-29-31-33-35-37-39-42-45-48-51-55-59-63-67-71-75-79-90-84(89)78-74-70-66-62-58-54-18-16-14-12-10-8-6-4-2/h10,12,16,18,81-82,86-87H,3-9,11,13-15,17,19-80H2,1-2H3,(H,85,88)/b12-10-,18-16-. The lowest BCUT2D eigenvalue weighted by molar-refractivity contribution is -0.143. The summed E-state index contributed by atoms with van der Waals surface area (Å²) in [5.41, 5.74) is 0. The summed E-state index contributed by atoms with van der Waals surface area (Å²) in [6.45, 7) is 4.96. The first-order valence-corrected chi connectivity index (χ1v) is 41.6. The Labute approximate surface area is 564 Å². The molecule has 0 heterocycles. The molecule has 0 aliphatic rings. The third-order valence-corrected chi connectivity index (χ3v) is 19.8. The molecule has 0 rings (SSSR count). The molecular weight excluding hydrogens is 1100 g/mol. The number of esters is 1. The van der Waals surface area contributed by atoms with Gasteiger partial charge in [-0.1, -0.05) is 436 Å². The van der Waals surface area contributed by atoms with Crippen LogP contribution in [-0.2, 0) is 14.3 Å². The van der Waals surface area contributed by atoms with Crippen LogP contribution in [0, 0.1) is 0 Å². The zero-order valence-corrected chi connectivity index (χ0v) is 61.4. The van der Waals surface area contributed by atoms with Gasteiger partial charge in [0.25, 0.3) is 0 Å². The van der Waals surface area contributed by atoms with Crippen LogP contribution in [0.15, 0.2) is 24.3 Å². The van der Waals surface area contributed by atoms with Gasteiger partial charge in [0.05, 0.1) is 25.4 Å². The number of amides is 1. The van der Waals surface area contributed by atoms with Gasteiger partial charge in [-0.25, -0.2) is 0 Å². The third kappa shape index (κ3) is 75.4. The molecule has 6 nitrogen and oxygen atoms in total. The van der Waals surface area contributed by atoms with Gasteiger partial charge in [0.2, 0.25) is 5.91 Å². The van der Waals surface area contributed by atoms with Crippen molar-refractivity contribution in [1.29, 1.82) is 0 Å². The number of allylic oxidation sites excluding steroid dienone is 4. The molecule has 0 bridgehead atoms. The Hall–Kier alpha value is -1.66. The Balaban J connectivity index is 3.31. The highest BCUT2D eigenvalue weighted by Crippen LogP contribution is 2.21. The van der Waals surface area contributed by atoms with E-state index in [1.165, 1.54) is 392 Å². The van der Waals surface area contributed by atoms with E-state index in [-0.39, 0.29) is 18.5 Å². The Morgan fingerprint density at radius 3 is 0.878 bits per heavy atom. The fraction of sp³-hybridized carbons (Fsp3) is 0.929. The lowest BCUT2D eigenvalue weighted by Gasteiger charge is -2.22. The summed E-state index contributed by atoms with van der Waals surface area (Å²) in [4.78, 5) is 24.6. The van der Waals surface area contributed by atoms with Crippen molar-refractivity contribution in [3.05, 3.63) is 24.3 Å². The number of carbonyl (C=O) groups excluding carboxylic acids is 2. The Morgan fingerprint density at radius 1 is 0.311 bits per heavy atom. The van der Waals surface area contributed by atoms with Crippen LogP contribution in [0.2, 0.25) is 0 Å². The summed E-state index contributed by atoms with van der Waals surface area (Å²) in [7, 11) is 0. The van der Waals surface area contributed by atoms with Gasteiger partial charge in [0, 0.05) is 12.8 Å². The van der Waals surface area contributed by atoms with Gasteiger partial charge >= 0.3 is 5.97 Å². The Bertz CT molecular complexity index is 1410. The molecule has 2 atom stereocenters. The van der Waals surface area contributed by atoms with E-state index in [4.69, 9.17) is 4.74 Å². The monoisotopic (exact) mass is 1270 g/mol. The average molecular weight is 1270 g/mol. The number of carbonyl (C=O) groups is 2. The van der Waals surface area contributed by atoms with Crippen LogP contribution in [0.5, 0.6) is 0 Å². The summed E-state index contributed by atoms with van der Waals surface area (Å²) in [6, 6.07) is -0.538. The molecule has 1 amide bonds. The predicted molar refractivity (Wildman–Crippen MR) is 398 cm³/mol. The summed E-state index contributed by atoms with van der Waals surface area (Å²) in [5, 5.41) is 23.5. The maximum Gasteiger partial charge on any atom is 0.305 e. The maximum absolute atomic E-state index is 12.6. The minimum absolute atomic E-state index is 0.00959. The number of hydrogen-bond donors (Lipinski definition) is 3. The van der Waals surface area contributed by atoms with Gasteiger partial charge in [0.15, 0.2) is 0 Å². The van der Waals surface area contributed by atoms with E-state index < -0.39 is 12.1 Å². The molecule has 534 valence electrons. The molecule has 0 radical (unpaired) electrons. The topological polar surface area (TPSA) is 95.9 Å². The average Bonchev–Trinajstić information content (AvgIpc) is 3.68. The van der Waals surface area contributed by atoms with Crippen LogP contribution in [0.3, 0.4) is 0 Å². The van der Waals surface area contributed by atoms with Crippen molar-refractivity contribution >= 4 is 11.9 Å². The summed E-state index contributed by atoms with van der Waals surface area (Å²) >= 11 is 0. The van der Waals surface area contributed by atoms with Crippen LogP contribution in [0.25, 0.3) is 0 Å². The van der Waals surface area contributed by atoms with Gasteiger partial charge in [-0.15, -0.1) is 0 Å². The highest BCUT2D eigenvalue weighted by Gasteiger charge is 2.20. The van der Waals surface area contributed by atoms with E-state index in [1.54, 1.807) is 0 Å². The number of rotatable bonds is 79. The third-order valence-electron chi connectivity index (χ3n) is 19.8. The summed E-state index contributed by atoms with van der Waals surface area (Å²) < 4.78 is 5.49. The minimum Gasteiger partial charge on any atom is -0.466 e. The van der Waals surface area contributed by atoms with Crippen LogP contribution >= 0.6 is 0 Å². The SMILES string of the molecule is CCCC/C=C\C/C=C\CCCCCCCC(=O)OCCCCCCCCCCCCCCCCCCCCCCCCCCCCCCCCCCCCCCCC(=O)NC(CO)C(O)CCCCCCCCCCCCCCCCCCCCCCCC. The van der Waals surface area contributed by atoms with Crippen molar-refractivity contribution < 1.29 is 24.5 Å². The lowest BCUT2D eigenvalue weighted by atomic mass is 10.0. The van der Waals surface area contributed by atoms with Gasteiger partial charge in [-0.05, 0) is 51.4 Å². The number of nitrogens with one attached hydrogen (secondary N) is 1. The number of aliphatic hydroxyl groups is 2. The van der Waals surface area contributed by atoms with Crippen LogP contribution in [0.1, 0.15) is 476 Å². The largest absolute Gasteiger partial charge is 0.466 e. The first-order chi connectivity index (χ1) is 44.5. The molecule has 0 saturated heterocycles. The molecule has 90 heavy (non-hydrogen) atoms. The molecule has 3 N–H and O–H groups in total. The molecule has 6 heteroatoms. The Morgan fingerprint density at radius 2 is 0.567 bits per heavy atom. The van der Waals surface area contributed by atoms with Crippen molar-refractivity contribution in [2.75, 3.05) is 13.2 Å². The van der Waals surface area contributed by atoms with E-state index in [2.05, 4.69) is 43.5 Å². The molecular formula is C84H163NO5. The molecule has 0 fully saturated rings. The molecule has 0 aromatic rings. The minimum atomic E-state index is -0.661. The molecule has 0 aliphatic heterocycles. The van der Waals surface area contributed by atoms with Crippen LogP contribution in [0.4, 0.5) is 0 Å². The molecule has 0 aliphatic carbocycles. The van der Waals surface area contributed by atoms with Crippen molar-refractivity contribution in [2.24, 2.45) is 0 Å². The van der Waals surface area contributed by atoms with E-state index in [0.717, 1.165) is 51.4 Å². The second-order valence-corrected chi connectivity index (χ2v) is 28.8. The number of aliphatic hydroxyl groups excluding tert-OH is 2. The van der Waals surface area contributed by atoms with Crippen molar-refractivity contribution in [1.82, 2.24) is 5.32 Å². The second kappa shape index (κ2) is 79.8. The maximum atomic E-state index is 12.6. The van der Waals surface area contributed by atoms with Crippen LogP contribution in [-0.4, -0.2) is 47.4 Å². The lowest BCUT2D eigenvalue weighted by Crippen LogP contribution is -2.45. The fourth-order valence-electron chi connectivity index (χ4n) is 13.4. The second-order valence-electron chi connectivity index (χ2n) is 28.8. The first kappa shape index (κ1) is 88.3. The molecule has 0 aromatic carbocycles. The van der Waals surface area contributed by atoms with E-state index in [0.29, 0.717) is 25.9 Å². The molecule has 0 aromatic heterocycles. The van der Waals surface area contributed by atoms with Gasteiger partial charge in [-0.2, -0.15) is 0 Å². The first-order valence-electron chi connectivity index (χ1n) is 41.6. The summed E-state index contributed by atoms with van der Waals surface area (Å²) in [5.74, 6) is -0.0138. The van der Waals surface area contributed by atoms with Gasteiger partial charge in [0.1, 0.15) is 0 Å². The Kier molecular flexibility index (Phi) is 78.3. The summed E-state index contributed by atoms with van der Waals surface area (Å²) in [6.07, 6.45) is 103. The quantitative estimate of drug-likeness (QED) is 0.0320. The van der Waals surface area contributed by atoms with Crippen molar-refractivity contribution in [3.63, 3.8) is 0 Å². The highest BCUT2D eigenvalue weighted by atomic mass is 16.5. The zero-order chi connectivity index (χ0) is 64.9. The van der Waals surface area contributed by atoms with E-state index >= 15 is 0 Å². The van der Waals surface area contributed by atoms with Crippen molar-refractivity contribution in [2.45, 2.75) is 488 Å². The molecule has 2 unspecified atom stereocenters. The van der Waals surface area contributed by atoms with Gasteiger partial charge < -0.3 is 20.3 Å². The molecule has 0 saturated carbocycles. The highest BCUT2D eigenvalue weighted by molar-refractivity contribution is 5.76.